The lowest BCUT2D eigenvalue weighted by Crippen LogP contribution is -2.25. The molecule has 0 atom stereocenters. The Morgan fingerprint density at radius 3 is 3.10 bits per heavy atom. The molecule has 1 aliphatic heterocycles. The van der Waals surface area contributed by atoms with Gasteiger partial charge in [0.05, 0.1) is 0 Å². The Morgan fingerprint density at radius 1 is 1.35 bits per heavy atom. The second-order valence-electron chi connectivity index (χ2n) is 4.86. The molecule has 0 fully saturated rings. The number of benzene rings is 1. The van der Waals surface area contributed by atoms with Crippen molar-refractivity contribution in [3.8, 4) is 5.75 Å². The van der Waals surface area contributed by atoms with Crippen LogP contribution in [0.1, 0.15) is 11.1 Å². The predicted molar refractivity (Wildman–Crippen MR) is 74.7 cm³/mol. The van der Waals surface area contributed by atoms with E-state index in [1.54, 1.807) is 12.3 Å². The standard InChI is InChI=1S/C15H16FN3O/c16-13-2-1-3-14-12(13)10-19(6-7-20-14)9-11-4-5-18-15(17)8-11/h1-5,8H,6-7,9-10H2,(H2,17,18). The first-order valence-corrected chi connectivity index (χ1v) is 6.55. The quantitative estimate of drug-likeness (QED) is 0.911. The summed E-state index contributed by atoms with van der Waals surface area (Å²) < 4.78 is 19.5. The molecule has 3 rings (SSSR count). The lowest BCUT2D eigenvalue weighted by atomic mass is 10.1. The molecule has 20 heavy (non-hydrogen) atoms. The highest BCUT2D eigenvalue weighted by atomic mass is 19.1. The van der Waals surface area contributed by atoms with Crippen LogP contribution in [0.15, 0.2) is 36.5 Å². The van der Waals surface area contributed by atoms with E-state index in [9.17, 15) is 4.39 Å². The van der Waals surface area contributed by atoms with Crippen molar-refractivity contribution >= 4 is 5.82 Å². The maximum atomic E-state index is 13.9. The number of nitrogens with zero attached hydrogens (tertiary/aromatic N) is 2. The van der Waals surface area contributed by atoms with Crippen molar-refractivity contribution in [3.63, 3.8) is 0 Å². The van der Waals surface area contributed by atoms with Crippen molar-refractivity contribution in [2.45, 2.75) is 13.1 Å². The van der Waals surface area contributed by atoms with E-state index in [0.29, 0.717) is 36.8 Å². The van der Waals surface area contributed by atoms with Gasteiger partial charge in [-0.05, 0) is 29.8 Å². The summed E-state index contributed by atoms with van der Waals surface area (Å²) in [5.74, 6) is 0.922. The molecule has 2 heterocycles. The Balaban J connectivity index is 1.80. The molecule has 0 radical (unpaired) electrons. The van der Waals surface area contributed by atoms with Crippen LogP contribution in [0.4, 0.5) is 10.2 Å². The summed E-state index contributed by atoms with van der Waals surface area (Å²) >= 11 is 0. The van der Waals surface area contributed by atoms with Gasteiger partial charge in [-0.25, -0.2) is 9.37 Å². The largest absolute Gasteiger partial charge is 0.492 e. The third kappa shape index (κ3) is 2.72. The van der Waals surface area contributed by atoms with Gasteiger partial charge in [0.1, 0.15) is 24.0 Å². The molecule has 104 valence electrons. The molecule has 2 N–H and O–H groups in total. The van der Waals surface area contributed by atoms with E-state index in [4.69, 9.17) is 10.5 Å². The maximum Gasteiger partial charge on any atom is 0.131 e. The maximum absolute atomic E-state index is 13.9. The van der Waals surface area contributed by atoms with Gasteiger partial charge >= 0.3 is 0 Å². The monoisotopic (exact) mass is 273 g/mol. The molecule has 1 aliphatic rings. The van der Waals surface area contributed by atoms with Crippen molar-refractivity contribution in [1.29, 1.82) is 0 Å². The lowest BCUT2D eigenvalue weighted by molar-refractivity contribution is 0.219. The number of nitrogen functional groups attached to an aromatic ring is 1. The Bertz CT molecular complexity index is 618. The van der Waals surface area contributed by atoms with Crippen molar-refractivity contribution in [2.75, 3.05) is 18.9 Å². The minimum Gasteiger partial charge on any atom is -0.492 e. The van der Waals surface area contributed by atoms with E-state index in [0.717, 1.165) is 12.1 Å². The van der Waals surface area contributed by atoms with E-state index in [1.165, 1.54) is 6.07 Å². The summed E-state index contributed by atoms with van der Waals surface area (Å²) in [5.41, 5.74) is 7.37. The second kappa shape index (κ2) is 5.46. The zero-order chi connectivity index (χ0) is 13.9. The summed E-state index contributed by atoms with van der Waals surface area (Å²) in [6.45, 7) is 2.53. The van der Waals surface area contributed by atoms with Crippen LogP contribution in [0.2, 0.25) is 0 Å². The summed E-state index contributed by atoms with van der Waals surface area (Å²) in [5, 5.41) is 0. The highest BCUT2D eigenvalue weighted by Gasteiger charge is 2.18. The third-order valence-electron chi connectivity index (χ3n) is 3.37. The first-order chi connectivity index (χ1) is 9.72. The van der Waals surface area contributed by atoms with Crippen LogP contribution in [0.25, 0.3) is 0 Å². The summed E-state index contributed by atoms with van der Waals surface area (Å²) in [6, 6.07) is 8.72. The van der Waals surface area contributed by atoms with Crippen molar-refractivity contribution in [3.05, 3.63) is 53.5 Å². The van der Waals surface area contributed by atoms with Crippen molar-refractivity contribution < 1.29 is 9.13 Å². The Hall–Kier alpha value is -2.14. The molecule has 0 amide bonds. The molecule has 0 saturated carbocycles. The highest BCUT2D eigenvalue weighted by Crippen LogP contribution is 2.26. The normalized spacial score (nSPS) is 15.2. The smallest absolute Gasteiger partial charge is 0.131 e. The lowest BCUT2D eigenvalue weighted by Gasteiger charge is -2.19. The summed E-state index contributed by atoms with van der Waals surface area (Å²) in [6.07, 6.45) is 1.69. The van der Waals surface area contributed by atoms with Gasteiger partial charge < -0.3 is 10.5 Å². The average Bonchev–Trinajstić information content (AvgIpc) is 2.62. The molecule has 1 aromatic carbocycles. The zero-order valence-electron chi connectivity index (χ0n) is 11.1. The van der Waals surface area contributed by atoms with Gasteiger partial charge in [-0.3, -0.25) is 4.90 Å². The average molecular weight is 273 g/mol. The Labute approximate surface area is 117 Å². The van der Waals surface area contributed by atoms with Crippen molar-refractivity contribution in [2.24, 2.45) is 0 Å². The number of hydrogen-bond acceptors (Lipinski definition) is 4. The topological polar surface area (TPSA) is 51.4 Å². The summed E-state index contributed by atoms with van der Waals surface area (Å²) in [4.78, 5) is 6.12. The van der Waals surface area contributed by atoms with Gasteiger partial charge in [0, 0.05) is 31.4 Å². The second-order valence-corrected chi connectivity index (χ2v) is 4.86. The molecular formula is C15H16FN3O. The first-order valence-electron chi connectivity index (χ1n) is 6.55. The molecule has 0 spiro atoms. The molecule has 1 aromatic heterocycles. The number of fused-ring (bicyclic) bond motifs is 1. The van der Waals surface area contributed by atoms with Crippen LogP contribution in [0.5, 0.6) is 5.75 Å². The van der Waals surface area contributed by atoms with E-state index in [-0.39, 0.29) is 5.82 Å². The first kappa shape index (κ1) is 12.9. The molecule has 5 heteroatoms. The zero-order valence-corrected chi connectivity index (χ0v) is 11.1. The van der Waals surface area contributed by atoms with Crippen LogP contribution in [-0.4, -0.2) is 23.0 Å². The number of pyridine rings is 1. The van der Waals surface area contributed by atoms with Gasteiger partial charge in [-0.15, -0.1) is 0 Å². The number of halogens is 1. The van der Waals surface area contributed by atoms with Crippen LogP contribution >= 0.6 is 0 Å². The molecule has 4 nitrogen and oxygen atoms in total. The SMILES string of the molecule is Nc1cc(CN2CCOc3cccc(F)c3C2)ccn1. The van der Waals surface area contributed by atoms with Crippen molar-refractivity contribution in [1.82, 2.24) is 9.88 Å². The number of hydrogen-bond donors (Lipinski definition) is 1. The number of ether oxygens (including phenoxy) is 1. The van der Waals surface area contributed by atoms with E-state index >= 15 is 0 Å². The van der Waals surface area contributed by atoms with Gasteiger partial charge in [-0.1, -0.05) is 6.07 Å². The predicted octanol–water partition coefficient (Wildman–Crippen LogP) is 2.20. The highest BCUT2D eigenvalue weighted by molar-refractivity contribution is 5.36. The summed E-state index contributed by atoms with van der Waals surface area (Å²) in [7, 11) is 0. The van der Waals surface area contributed by atoms with Gasteiger partial charge in [0.25, 0.3) is 0 Å². The molecule has 0 unspecified atom stereocenters. The molecule has 0 bridgehead atoms. The molecule has 2 aromatic rings. The molecular weight excluding hydrogens is 257 g/mol. The number of anilines is 1. The van der Waals surface area contributed by atoms with E-state index < -0.39 is 0 Å². The van der Waals surface area contributed by atoms with Gasteiger partial charge in [0.15, 0.2) is 0 Å². The minimum absolute atomic E-state index is 0.219. The van der Waals surface area contributed by atoms with E-state index in [1.807, 2.05) is 18.2 Å². The third-order valence-corrected chi connectivity index (χ3v) is 3.37. The fraction of sp³-hybridized carbons (Fsp3) is 0.267. The number of nitrogens with two attached hydrogens (primary N) is 1. The van der Waals surface area contributed by atoms with Gasteiger partial charge in [-0.2, -0.15) is 0 Å². The van der Waals surface area contributed by atoms with Crippen LogP contribution in [0.3, 0.4) is 0 Å². The van der Waals surface area contributed by atoms with E-state index in [2.05, 4.69) is 9.88 Å². The Morgan fingerprint density at radius 2 is 2.25 bits per heavy atom. The number of aromatic nitrogens is 1. The minimum atomic E-state index is -0.219. The Kier molecular flexibility index (Phi) is 3.52. The van der Waals surface area contributed by atoms with Crippen LogP contribution < -0.4 is 10.5 Å². The van der Waals surface area contributed by atoms with Crippen LogP contribution in [0, 0.1) is 5.82 Å². The molecule has 0 aliphatic carbocycles. The fourth-order valence-corrected chi connectivity index (χ4v) is 2.40. The molecule has 0 saturated heterocycles. The fourth-order valence-electron chi connectivity index (χ4n) is 2.40. The van der Waals surface area contributed by atoms with Gasteiger partial charge in [0.2, 0.25) is 0 Å². The number of rotatable bonds is 2. The van der Waals surface area contributed by atoms with Crippen LogP contribution in [-0.2, 0) is 13.1 Å².